The molecule has 1 rings (SSSR count). The van der Waals surface area contributed by atoms with E-state index in [0.29, 0.717) is 0 Å². The van der Waals surface area contributed by atoms with Gasteiger partial charge in [0.05, 0.1) is 12.8 Å². The van der Waals surface area contributed by atoms with Crippen molar-refractivity contribution in [2.45, 2.75) is 26.3 Å². The van der Waals surface area contributed by atoms with Crippen LogP contribution in [-0.2, 0) is 6.54 Å². The normalized spacial score (nSPS) is 10.6. The summed E-state index contributed by atoms with van der Waals surface area (Å²) in [6, 6.07) is 3.92. The molecule has 0 atom stereocenters. The van der Waals surface area contributed by atoms with Crippen molar-refractivity contribution >= 4 is 11.8 Å². The van der Waals surface area contributed by atoms with E-state index in [1.165, 1.54) is 24.3 Å². The second-order valence-corrected chi connectivity index (χ2v) is 4.45. The lowest BCUT2D eigenvalue weighted by Crippen LogP contribution is -2.16. The number of rotatable bonds is 8. The summed E-state index contributed by atoms with van der Waals surface area (Å²) in [5.41, 5.74) is 0. The van der Waals surface area contributed by atoms with Crippen molar-refractivity contribution in [3.8, 4) is 0 Å². The van der Waals surface area contributed by atoms with Crippen molar-refractivity contribution in [1.82, 2.24) is 5.32 Å². The van der Waals surface area contributed by atoms with Crippen LogP contribution in [0.4, 0.5) is 0 Å². The van der Waals surface area contributed by atoms with Crippen molar-refractivity contribution in [2.24, 2.45) is 0 Å². The molecule has 0 fully saturated rings. The van der Waals surface area contributed by atoms with E-state index < -0.39 is 0 Å². The molecule has 1 aromatic heterocycles. The highest BCUT2D eigenvalue weighted by Crippen LogP contribution is 2.03. The Bertz CT molecular complexity index is 211. The van der Waals surface area contributed by atoms with Crippen LogP contribution in [0.15, 0.2) is 22.8 Å². The number of thioether (sulfide) groups is 1. The number of hydrogen-bond acceptors (Lipinski definition) is 3. The van der Waals surface area contributed by atoms with E-state index in [0.717, 1.165) is 18.8 Å². The van der Waals surface area contributed by atoms with Crippen molar-refractivity contribution in [3.63, 3.8) is 0 Å². The minimum atomic E-state index is 0.849. The predicted molar refractivity (Wildman–Crippen MR) is 62.6 cm³/mol. The Balaban J connectivity index is 1.85. The van der Waals surface area contributed by atoms with E-state index in [4.69, 9.17) is 4.42 Å². The van der Waals surface area contributed by atoms with Crippen LogP contribution in [0.5, 0.6) is 0 Å². The first-order valence-electron chi connectivity index (χ1n) is 5.24. The average molecular weight is 213 g/mol. The van der Waals surface area contributed by atoms with Crippen molar-refractivity contribution in [3.05, 3.63) is 24.2 Å². The Kier molecular flexibility index (Phi) is 6.62. The van der Waals surface area contributed by atoms with Crippen LogP contribution in [0.2, 0.25) is 0 Å². The molecule has 0 saturated carbocycles. The highest BCUT2D eigenvalue weighted by atomic mass is 32.2. The average Bonchev–Trinajstić information content (AvgIpc) is 2.69. The van der Waals surface area contributed by atoms with Crippen molar-refractivity contribution < 1.29 is 4.42 Å². The molecule has 0 aliphatic carbocycles. The Morgan fingerprint density at radius 2 is 2.36 bits per heavy atom. The van der Waals surface area contributed by atoms with Gasteiger partial charge >= 0.3 is 0 Å². The third-order valence-corrected chi connectivity index (χ3v) is 3.01. The summed E-state index contributed by atoms with van der Waals surface area (Å²) < 4.78 is 5.21. The molecule has 1 N–H and O–H groups in total. The van der Waals surface area contributed by atoms with Gasteiger partial charge < -0.3 is 9.73 Å². The standard InChI is InChI=1S/C11H19NOS/c1-2-3-8-14-9-6-12-10-11-5-4-7-13-11/h4-5,7,12H,2-3,6,8-10H2,1H3. The molecule has 0 saturated heterocycles. The summed E-state index contributed by atoms with van der Waals surface area (Å²) in [7, 11) is 0. The van der Waals surface area contributed by atoms with Crippen LogP contribution >= 0.6 is 11.8 Å². The summed E-state index contributed by atoms with van der Waals surface area (Å²) >= 11 is 2.02. The fraction of sp³-hybridized carbons (Fsp3) is 0.636. The maximum absolute atomic E-state index is 5.21. The third kappa shape index (κ3) is 5.35. The van der Waals surface area contributed by atoms with Gasteiger partial charge in [-0.25, -0.2) is 0 Å². The van der Waals surface area contributed by atoms with E-state index in [1.54, 1.807) is 6.26 Å². The highest BCUT2D eigenvalue weighted by Gasteiger charge is 1.93. The van der Waals surface area contributed by atoms with Gasteiger partial charge in [-0.05, 0) is 24.3 Å². The fourth-order valence-electron chi connectivity index (χ4n) is 1.12. The van der Waals surface area contributed by atoms with Gasteiger partial charge in [-0.2, -0.15) is 11.8 Å². The number of unbranched alkanes of at least 4 members (excludes halogenated alkanes) is 1. The number of nitrogens with one attached hydrogen (secondary N) is 1. The zero-order valence-corrected chi connectivity index (χ0v) is 9.61. The maximum Gasteiger partial charge on any atom is 0.117 e. The SMILES string of the molecule is CCCCSCCNCc1ccco1. The molecule has 14 heavy (non-hydrogen) atoms. The van der Waals surface area contributed by atoms with Crippen LogP contribution in [-0.4, -0.2) is 18.1 Å². The molecule has 2 nitrogen and oxygen atoms in total. The highest BCUT2D eigenvalue weighted by molar-refractivity contribution is 7.99. The van der Waals surface area contributed by atoms with Gasteiger partial charge in [0.1, 0.15) is 5.76 Å². The summed E-state index contributed by atoms with van der Waals surface area (Å²) in [5, 5.41) is 3.35. The minimum Gasteiger partial charge on any atom is -0.468 e. The lowest BCUT2D eigenvalue weighted by atomic mass is 10.4. The minimum absolute atomic E-state index is 0.849. The van der Waals surface area contributed by atoms with Crippen LogP contribution in [0, 0.1) is 0 Å². The largest absolute Gasteiger partial charge is 0.468 e. The lowest BCUT2D eigenvalue weighted by molar-refractivity contribution is 0.488. The second-order valence-electron chi connectivity index (χ2n) is 3.22. The van der Waals surface area contributed by atoms with Crippen molar-refractivity contribution in [2.75, 3.05) is 18.1 Å². The first-order valence-corrected chi connectivity index (χ1v) is 6.39. The first-order chi connectivity index (χ1) is 6.93. The van der Waals surface area contributed by atoms with Gasteiger partial charge in [-0.15, -0.1) is 0 Å². The van der Waals surface area contributed by atoms with Gasteiger partial charge in [-0.3, -0.25) is 0 Å². The van der Waals surface area contributed by atoms with Crippen molar-refractivity contribution in [1.29, 1.82) is 0 Å². The Labute approximate surface area is 90.5 Å². The summed E-state index contributed by atoms with van der Waals surface area (Å²) in [4.78, 5) is 0. The Morgan fingerprint density at radius 3 is 3.07 bits per heavy atom. The second kappa shape index (κ2) is 7.94. The van der Waals surface area contributed by atoms with Crippen LogP contribution in [0.25, 0.3) is 0 Å². The van der Waals surface area contributed by atoms with Crippen LogP contribution in [0.1, 0.15) is 25.5 Å². The van der Waals surface area contributed by atoms with Crippen LogP contribution < -0.4 is 5.32 Å². The van der Waals surface area contributed by atoms with E-state index in [-0.39, 0.29) is 0 Å². The van der Waals surface area contributed by atoms with E-state index in [1.807, 2.05) is 23.9 Å². The zero-order chi connectivity index (χ0) is 10.1. The van der Waals surface area contributed by atoms with Gasteiger partial charge in [0.25, 0.3) is 0 Å². The molecular weight excluding hydrogens is 194 g/mol. The summed E-state index contributed by atoms with van der Waals surface area (Å²) in [5.74, 6) is 3.50. The molecule has 0 aliphatic rings. The van der Waals surface area contributed by atoms with E-state index >= 15 is 0 Å². The molecular formula is C11H19NOS. The fourth-order valence-corrected chi connectivity index (χ4v) is 2.10. The summed E-state index contributed by atoms with van der Waals surface area (Å²) in [6.07, 6.45) is 4.35. The molecule has 0 spiro atoms. The lowest BCUT2D eigenvalue weighted by Gasteiger charge is -2.02. The van der Waals surface area contributed by atoms with Gasteiger partial charge in [0.2, 0.25) is 0 Å². The Morgan fingerprint density at radius 1 is 1.43 bits per heavy atom. The molecule has 0 aliphatic heterocycles. The number of furan rings is 1. The molecule has 0 unspecified atom stereocenters. The van der Waals surface area contributed by atoms with Gasteiger partial charge in [0.15, 0.2) is 0 Å². The molecule has 0 bridgehead atoms. The molecule has 0 aromatic carbocycles. The molecule has 0 amide bonds. The third-order valence-electron chi connectivity index (χ3n) is 1.94. The quantitative estimate of drug-likeness (QED) is 0.672. The monoisotopic (exact) mass is 213 g/mol. The smallest absolute Gasteiger partial charge is 0.117 e. The molecule has 1 heterocycles. The molecule has 3 heteroatoms. The van der Waals surface area contributed by atoms with Gasteiger partial charge in [0, 0.05) is 12.3 Å². The van der Waals surface area contributed by atoms with E-state index in [9.17, 15) is 0 Å². The van der Waals surface area contributed by atoms with E-state index in [2.05, 4.69) is 12.2 Å². The first kappa shape index (κ1) is 11.7. The Hall–Kier alpha value is -0.410. The number of hydrogen-bond donors (Lipinski definition) is 1. The maximum atomic E-state index is 5.21. The summed E-state index contributed by atoms with van der Waals surface area (Å²) in [6.45, 7) is 4.14. The zero-order valence-electron chi connectivity index (χ0n) is 8.79. The molecule has 0 radical (unpaired) electrons. The predicted octanol–water partition coefficient (Wildman–Crippen LogP) is 2.90. The molecule has 1 aromatic rings. The van der Waals surface area contributed by atoms with Gasteiger partial charge in [-0.1, -0.05) is 13.3 Å². The topological polar surface area (TPSA) is 25.2 Å². The van der Waals surface area contributed by atoms with Crippen LogP contribution in [0.3, 0.4) is 0 Å². The molecule has 80 valence electrons.